The van der Waals surface area contributed by atoms with Crippen LogP contribution in [0.2, 0.25) is 0 Å². The van der Waals surface area contributed by atoms with E-state index in [1.165, 1.54) is 19.2 Å². The minimum Gasteiger partial charge on any atom is -0.398 e. The first-order valence-electron chi connectivity index (χ1n) is 6.42. The molecule has 0 heterocycles. The Morgan fingerprint density at radius 1 is 1.43 bits per heavy atom. The fourth-order valence-electron chi connectivity index (χ4n) is 1.58. The van der Waals surface area contributed by atoms with Crippen molar-refractivity contribution in [2.45, 2.75) is 18.7 Å². The smallest absolute Gasteiger partial charge is 0.245 e. The Balaban J connectivity index is 2.85. The first-order valence-corrected chi connectivity index (χ1v) is 8.66. The highest BCUT2D eigenvalue weighted by atomic mass is 79.9. The van der Waals surface area contributed by atoms with E-state index in [1.54, 1.807) is 6.07 Å². The lowest BCUT2D eigenvalue weighted by molar-refractivity contribution is -0.121. The van der Waals surface area contributed by atoms with Crippen molar-refractivity contribution in [3.05, 3.63) is 22.7 Å². The van der Waals surface area contributed by atoms with E-state index < -0.39 is 10.0 Å². The predicted molar refractivity (Wildman–Crippen MR) is 86.2 cm³/mol. The van der Waals surface area contributed by atoms with Gasteiger partial charge in [0.05, 0.1) is 12.2 Å². The van der Waals surface area contributed by atoms with Crippen molar-refractivity contribution in [2.75, 3.05) is 25.9 Å². The molecule has 0 radical (unpaired) electrons. The van der Waals surface area contributed by atoms with E-state index in [2.05, 4.69) is 21.2 Å². The number of sulfonamides is 1. The van der Waals surface area contributed by atoms with Gasteiger partial charge in [-0.1, -0.05) is 29.8 Å². The minimum atomic E-state index is -3.79. The van der Waals surface area contributed by atoms with Crippen LogP contribution in [0.3, 0.4) is 0 Å². The molecule has 0 aromatic heterocycles. The van der Waals surface area contributed by atoms with Crippen molar-refractivity contribution < 1.29 is 13.2 Å². The summed E-state index contributed by atoms with van der Waals surface area (Å²) in [7, 11) is -2.44. The van der Waals surface area contributed by atoms with Gasteiger partial charge in [0.1, 0.15) is 4.90 Å². The number of nitrogen functional groups attached to an aromatic ring is 1. The SMILES string of the molecule is CC(C)CNC(=O)CN(C)S(=O)(=O)c1ccc(Br)cc1N. The molecule has 0 atom stereocenters. The minimum absolute atomic E-state index is 0.00939. The third kappa shape index (κ3) is 4.98. The summed E-state index contributed by atoms with van der Waals surface area (Å²) in [6, 6.07) is 4.52. The van der Waals surface area contributed by atoms with Crippen LogP contribution in [0.15, 0.2) is 27.6 Å². The van der Waals surface area contributed by atoms with Crippen LogP contribution in [-0.4, -0.2) is 38.8 Å². The van der Waals surface area contributed by atoms with Crippen molar-refractivity contribution >= 4 is 37.5 Å². The Bertz CT molecular complexity index is 617. The van der Waals surface area contributed by atoms with E-state index in [4.69, 9.17) is 5.73 Å². The summed E-state index contributed by atoms with van der Waals surface area (Å²) in [5.74, 6) is -0.0385. The second-order valence-corrected chi connectivity index (χ2v) is 8.07. The number of hydrogen-bond acceptors (Lipinski definition) is 4. The number of nitrogens with zero attached hydrogens (tertiary/aromatic N) is 1. The van der Waals surface area contributed by atoms with Gasteiger partial charge in [-0.3, -0.25) is 4.79 Å². The Hall–Kier alpha value is -1.12. The summed E-state index contributed by atoms with van der Waals surface area (Å²) in [6.45, 7) is 4.18. The van der Waals surface area contributed by atoms with E-state index in [0.717, 1.165) is 4.31 Å². The molecule has 118 valence electrons. The molecule has 0 saturated carbocycles. The van der Waals surface area contributed by atoms with Crippen molar-refractivity contribution in [2.24, 2.45) is 5.92 Å². The average Bonchev–Trinajstić information content (AvgIpc) is 2.35. The number of carbonyl (C=O) groups is 1. The van der Waals surface area contributed by atoms with Crippen LogP contribution in [0.1, 0.15) is 13.8 Å². The van der Waals surface area contributed by atoms with Gasteiger partial charge in [-0.15, -0.1) is 0 Å². The number of benzene rings is 1. The number of rotatable bonds is 6. The molecule has 6 nitrogen and oxygen atoms in total. The van der Waals surface area contributed by atoms with Crippen molar-refractivity contribution in [3.8, 4) is 0 Å². The molecule has 8 heteroatoms. The molecule has 0 unspecified atom stereocenters. The highest BCUT2D eigenvalue weighted by Crippen LogP contribution is 2.24. The molecule has 0 aliphatic rings. The van der Waals surface area contributed by atoms with Crippen LogP contribution in [-0.2, 0) is 14.8 Å². The predicted octanol–water partition coefficient (Wildman–Crippen LogP) is 1.42. The summed E-state index contributed by atoms with van der Waals surface area (Å²) < 4.78 is 26.5. The second-order valence-electron chi connectivity index (χ2n) is 5.14. The van der Waals surface area contributed by atoms with Gasteiger partial charge in [0.2, 0.25) is 15.9 Å². The Labute approximate surface area is 133 Å². The van der Waals surface area contributed by atoms with E-state index in [-0.39, 0.29) is 23.0 Å². The van der Waals surface area contributed by atoms with Gasteiger partial charge in [0.25, 0.3) is 0 Å². The van der Waals surface area contributed by atoms with E-state index >= 15 is 0 Å². The van der Waals surface area contributed by atoms with Gasteiger partial charge in [-0.2, -0.15) is 4.31 Å². The highest BCUT2D eigenvalue weighted by Gasteiger charge is 2.25. The largest absolute Gasteiger partial charge is 0.398 e. The molecule has 21 heavy (non-hydrogen) atoms. The molecule has 0 bridgehead atoms. The van der Waals surface area contributed by atoms with Crippen molar-refractivity contribution in [3.63, 3.8) is 0 Å². The van der Waals surface area contributed by atoms with E-state index in [9.17, 15) is 13.2 Å². The fourth-order valence-corrected chi connectivity index (χ4v) is 3.18. The zero-order valence-corrected chi connectivity index (χ0v) is 14.7. The number of hydrogen-bond donors (Lipinski definition) is 2. The molecule has 0 fully saturated rings. The topological polar surface area (TPSA) is 92.5 Å². The van der Waals surface area contributed by atoms with Crippen molar-refractivity contribution in [1.82, 2.24) is 9.62 Å². The second kappa shape index (κ2) is 7.24. The number of anilines is 1. The summed E-state index contributed by atoms with van der Waals surface area (Å²) >= 11 is 3.22. The number of likely N-dealkylation sites (N-methyl/N-ethyl adjacent to an activating group) is 1. The van der Waals surface area contributed by atoms with Crippen molar-refractivity contribution in [1.29, 1.82) is 0 Å². The Morgan fingerprint density at radius 2 is 2.05 bits per heavy atom. The van der Waals surface area contributed by atoms with Gasteiger partial charge >= 0.3 is 0 Å². The molecule has 1 amide bonds. The van der Waals surface area contributed by atoms with Gasteiger partial charge in [-0.05, 0) is 24.1 Å². The van der Waals surface area contributed by atoms with Crippen LogP contribution >= 0.6 is 15.9 Å². The zero-order chi connectivity index (χ0) is 16.2. The van der Waals surface area contributed by atoms with Crippen LogP contribution < -0.4 is 11.1 Å². The molecular formula is C13H20BrN3O3S. The first kappa shape index (κ1) is 17.9. The molecular weight excluding hydrogens is 358 g/mol. The van der Waals surface area contributed by atoms with Crippen LogP contribution in [0.25, 0.3) is 0 Å². The first-order chi connectivity index (χ1) is 9.64. The van der Waals surface area contributed by atoms with Gasteiger partial charge in [0, 0.05) is 18.1 Å². The van der Waals surface area contributed by atoms with E-state index in [1.807, 2.05) is 13.8 Å². The van der Waals surface area contributed by atoms with E-state index in [0.29, 0.717) is 16.9 Å². The maximum atomic E-state index is 12.4. The summed E-state index contributed by atoms with van der Waals surface area (Å²) in [6.07, 6.45) is 0. The molecule has 3 N–H and O–H groups in total. The standard InChI is InChI=1S/C13H20BrN3O3S/c1-9(2)7-16-13(18)8-17(3)21(19,20)12-5-4-10(14)6-11(12)15/h4-6,9H,7-8,15H2,1-3H3,(H,16,18). The van der Waals surface area contributed by atoms with Gasteiger partial charge in [0.15, 0.2) is 0 Å². The number of nitrogens with one attached hydrogen (secondary N) is 1. The summed E-state index contributed by atoms with van der Waals surface area (Å²) in [5.41, 5.74) is 5.88. The normalized spacial score (nSPS) is 11.9. The van der Waals surface area contributed by atoms with Gasteiger partial charge in [-0.25, -0.2) is 8.42 Å². The zero-order valence-electron chi connectivity index (χ0n) is 12.3. The monoisotopic (exact) mass is 377 g/mol. The quantitative estimate of drug-likeness (QED) is 0.733. The fraction of sp³-hybridized carbons (Fsp3) is 0.462. The highest BCUT2D eigenvalue weighted by molar-refractivity contribution is 9.10. The van der Waals surface area contributed by atoms with Crippen LogP contribution in [0.4, 0.5) is 5.69 Å². The molecule has 1 aromatic carbocycles. The molecule has 0 aliphatic heterocycles. The number of carbonyl (C=O) groups excluding carboxylic acids is 1. The Kier molecular flexibility index (Phi) is 6.18. The lowest BCUT2D eigenvalue weighted by Crippen LogP contribution is -2.39. The number of amides is 1. The average molecular weight is 378 g/mol. The molecule has 1 aromatic rings. The molecule has 0 aliphatic carbocycles. The number of nitrogens with two attached hydrogens (primary N) is 1. The van der Waals surface area contributed by atoms with Crippen LogP contribution in [0.5, 0.6) is 0 Å². The maximum absolute atomic E-state index is 12.4. The lowest BCUT2D eigenvalue weighted by atomic mass is 10.2. The molecule has 1 rings (SSSR count). The van der Waals surface area contributed by atoms with Gasteiger partial charge < -0.3 is 11.1 Å². The molecule has 0 saturated heterocycles. The summed E-state index contributed by atoms with van der Waals surface area (Å²) in [4.78, 5) is 11.7. The summed E-state index contributed by atoms with van der Waals surface area (Å²) in [5, 5.41) is 2.68. The third-order valence-electron chi connectivity index (χ3n) is 2.73. The number of halogens is 1. The maximum Gasteiger partial charge on any atom is 0.245 e. The van der Waals surface area contributed by atoms with Crippen LogP contribution in [0, 0.1) is 5.92 Å². The third-order valence-corrected chi connectivity index (χ3v) is 5.10. The molecule has 0 spiro atoms. The lowest BCUT2D eigenvalue weighted by Gasteiger charge is -2.18. The Morgan fingerprint density at radius 3 is 2.57 bits per heavy atom.